The van der Waals surface area contributed by atoms with Gasteiger partial charge in [-0.3, -0.25) is 4.79 Å². The molecule has 0 bridgehead atoms. The van der Waals surface area contributed by atoms with Crippen molar-refractivity contribution < 1.29 is 4.79 Å². The van der Waals surface area contributed by atoms with Crippen LogP contribution in [0.5, 0.6) is 0 Å². The summed E-state index contributed by atoms with van der Waals surface area (Å²) in [7, 11) is 0. The van der Waals surface area contributed by atoms with Gasteiger partial charge >= 0.3 is 0 Å². The molecule has 0 fully saturated rings. The maximum atomic E-state index is 9.32. The van der Waals surface area contributed by atoms with E-state index >= 15 is 0 Å². The zero-order valence-electron chi connectivity index (χ0n) is 9.02. The van der Waals surface area contributed by atoms with Crippen molar-refractivity contribution >= 4 is 18.4 Å². The predicted octanol–water partition coefficient (Wildman–Crippen LogP) is 3.73. The highest BCUT2D eigenvalue weighted by atomic mass is 16.1. The molecule has 78 valence electrons. The first-order valence-corrected chi connectivity index (χ1v) is 4.69. The smallest absolute Gasteiger partial charge is 0.142 e. The highest BCUT2D eigenvalue weighted by molar-refractivity contribution is 5.64. The Balaban J connectivity index is 0.000000336. The van der Waals surface area contributed by atoms with E-state index in [1.165, 1.54) is 6.08 Å². The van der Waals surface area contributed by atoms with E-state index in [0.717, 1.165) is 17.4 Å². The molecule has 1 aromatic rings. The van der Waals surface area contributed by atoms with Gasteiger partial charge < -0.3 is 0 Å². The lowest BCUT2D eigenvalue weighted by Gasteiger charge is -1.92. The molecule has 0 heterocycles. The number of hydrogen-bond donors (Lipinski definition) is 0. The van der Waals surface area contributed by atoms with Crippen molar-refractivity contribution in [1.82, 2.24) is 0 Å². The number of carbonyl (C=O) groups is 1. The molecule has 15 heavy (non-hydrogen) atoms. The number of benzene rings is 1. The first-order chi connectivity index (χ1) is 7.28. The summed E-state index contributed by atoms with van der Waals surface area (Å²) in [4.78, 5) is 9.32. The van der Waals surface area contributed by atoms with Crippen LogP contribution in [0.1, 0.15) is 18.1 Å². The van der Waals surface area contributed by atoms with Gasteiger partial charge in [0.25, 0.3) is 0 Å². The van der Waals surface area contributed by atoms with E-state index in [1.54, 1.807) is 13.0 Å². The van der Waals surface area contributed by atoms with Gasteiger partial charge in [-0.15, -0.1) is 0 Å². The monoisotopic (exact) mass is 200 g/mol. The Kier molecular flexibility index (Phi) is 7.60. The molecule has 1 heteroatoms. The minimum Gasteiger partial charge on any atom is -0.299 e. The van der Waals surface area contributed by atoms with Gasteiger partial charge in [0.1, 0.15) is 6.29 Å². The van der Waals surface area contributed by atoms with Crippen LogP contribution in [0.15, 0.2) is 49.6 Å². The molecule has 0 spiro atoms. The third-order valence-electron chi connectivity index (χ3n) is 1.68. The molecule has 0 aliphatic heterocycles. The van der Waals surface area contributed by atoms with E-state index in [0.29, 0.717) is 0 Å². The third-order valence-corrected chi connectivity index (χ3v) is 1.68. The molecule has 0 aliphatic rings. The van der Waals surface area contributed by atoms with Crippen molar-refractivity contribution in [3.63, 3.8) is 0 Å². The van der Waals surface area contributed by atoms with Crippen molar-refractivity contribution in [3.05, 3.63) is 60.7 Å². The SMILES string of the molecule is C=Cc1ccc(C=C)cc1.CC=CC=O. The fourth-order valence-corrected chi connectivity index (χ4v) is 0.847. The average Bonchev–Trinajstić information content (AvgIpc) is 2.31. The van der Waals surface area contributed by atoms with E-state index in [4.69, 9.17) is 0 Å². The van der Waals surface area contributed by atoms with Gasteiger partial charge in [0, 0.05) is 0 Å². The molecule has 0 radical (unpaired) electrons. The summed E-state index contributed by atoms with van der Waals surface area (Å²) in [6, 6.07) is 8.07. The lowest BCUT2D eigenvalue weighted by Crippen LogP contribution is -1.71. The number of allylic oxidation sites excluding steroid dienone is 2. The van der Waals surface area contributed by atoms with Crippen LogP contribution < -0.4 is 0 Å². The van der Waals surface area contributed by atoms with Crippen LogP contribution in [0, 0.1) is 0 Å². The van der Waals surface area contributed by atoms with Crippen LogP contribution in [-0.2, 0) is 4.79 Å². The van der Waals surface area contributed by atoms with Crippen molar-refractivity contribution in [2.75, 3.05) is 0 Å². The van der Waals surface area contributed by atoms with Crippen molar-refractivity contribution in [1.29, 1.82) is 0 Å². The lowest BCUT2D eigenvalue weighted by molar-refractivity contribution is -0.104. The second-order valence-corrected chi connectivity index (χ2v) is 2.74. The van der Waals surface area contributed by atoms with Gasteiger partial charge in [-0.05, 0) is 24.1 Å². The highest BCUT2D eigenvalue weighted by Gasteiger charge is 1.84. The minimum atomic E-state index is 0.750. The Morgan fingerprint density at radius 1 is 1.00 bits per heavy atom. The van der Waals surface area contributed by atoms with Crippen LogP contribution in [0.2, 0.25) is 0 Å². The van der Waals surface area contributed by atoms with Crippen LogP contribution >= 0.6 is 0 Å². The van der Waals surface area contributed by atoms with Gasteiger partial charge in [0.05, 0.1) is 0 Å². The summed E-state index contributed by atoms with van der Waals surface area (Å²) in [5.41, 5.74) is 2.29. The Bertz CT molecular complexity index is 304. The molecule has 0 aliphatic carbocycles. The van der Waals surface area contributed by atoms with E-state index in [1.807, 2.05) is 36.4 Å². The molecule has 1 nitrogen and oxygen atoms in total. The maximum absolute atomic E-state index is 9.32. The van der Waals surface area contributed by atoms with Gasteiger partial charge in [-0.1, -0.05) is 55.7 Å². The Morgan fingerprint density at radius 2 is 1.40 bits per heavy atom. The van der Waals surface area contributed by atoms with Crippen molar-refractivity contribution in [2.24, 2.45) is 0 Å². The summed E-state index contributed by atoms with van der Waals surface area (Å²) in [6.07, 6.45) is 7.53. The lowest BCUT2D eigenvalue weighted by atomic mass is 10.1. The zero-order chi connectivity index (χ0) is 11.5. The van der Waals surface area contributed by atoms with E-state index < -0.39 is 0 Å². The molecule has 0 atom stereocenters. The summed E-state index contributed by atoms with van der Waals surface area (Å²) >= 11 is 0. The molecule has 0 saturated carbocycles. The normalized spacial score (nSPS) is 8.87. The largest absolute Gasteiger partial charge is 0.299 e. The molecular weight excluding hydrogens is 184 g/mol. The zero-order valence-corrected chi connectivity index (χ0v) is 9.02. The second kappa shape index (κ2) is 8.70. The second-order valence-electron chi connectivity index (χ2n) is 2.74. The molecule has 1 rings (SSSR count). The fourth-order valence-electron chi connectivity index (χ4n) is 0.847. The van der Waals surface area contributed by atoms with Crippen molar-refractivity contribution in [2.45, 2.75) is 6.92 Å². The molecule has 0 aromatic heterocycles. The first kappa shape index (κ1) is 13.1. The molecule has 0 unspecified atom stereocenters. The Morgan fingerprint density at radius 3 is 1.53 bits per heavy atom. The average molecular weight is 200 g/mol. The molecular formula is C14H16O. The number of rotatable bonds is 3. The van der Waals surface area contributed by atoms with E-state index in [2.05, 4.69) is 13.2 Å². The Hall–Kier alpha value is -1.89. The standard InChI is InChI=1S/C10H10.C4H6O/c1-3-9-5-7-10(4-2)8-6-9;1-2-3-4-5/h3-8H,1-2H2;2-4H,1H3. The minimum absolute atomic E-state index is 0.750. The van der Waals surface area contributed by atoms with E-state index in [9.17, 15) is 4.79 Å². The topological polar surface area (TPSA) is 17.1 Å². The summed E-state index contributed by atoms with van der Waals surface area (Å²) in [5.74, 6) is 0. The number of carbonyl (C=O) groups excluding carboxylic acids is 1. The quantitative estimate of drug-likeness (QED) is 0.536. The fraction of sp³-hybridized carbons (Fsp3) is 0.0714. The van der Waals surface area contributed by atoms with Crippen LogP contribution in [0.4, 0.5) is 0 Å². The van der Waals surface area contributed by atoms with Crippen LogP contribution in [-0.4, -0.2) is 6.29 Å². The maximum Gasteiger partial charge on any atom is 0.142 e. The number of hydrogen-bond acceptors (Lipinski definition) is 1. The predicted molar refractivity (Wildman–Crippen MR) is 67.5 cm³/mol. The van der Waals surface area contributed by atoms with Crippen LogP contribution in [0.3, 0.4) is 0 Å². The molecule has 0 saturated heterocycles. The van der Waals surface area contributed by atoms with Gasteiger partial charge in [-0.25, -0.2) is 0 Å². The van der Waals surface area contributed by atoms with E-state index in [-0.39, 0.29) is 0 Å². The first-order valence-electron chi connectivity index (χ1n) is 4.69. The summed E-state index contributed by atoms with van der Waals surface area (Å²) in [6.45, 7) is 9.12. The molecule has 0 N–H and O–H groups in total. The van der Waals surface area contributed by atoms with Gasteiger partial charge in [-0.2, -0.15) is 0 Å². The van der Waals surface area contributed by atoms with Gasteiger partial charge in [0.15, 0.2) is 0 Å². The highest BCUT2D eigenvalue weighted by Crippen LogP contribution is 2.05. The Labute approximate surface area is 91.4 Å². The summed E-state index contributed by atoms with van der Waals surface area (Å²) in [5, 5.41) is 0. The van der Waals surface area contributed by atoms with Crippen LogP contribution in [0.25, 0.3) is 12.2 Å². The molecule has 0 amide bonds. The summed E-state index contributed by atoms with van der Waals surface area (Å²) < 4.78 is 0. The van der Waals surface area contributed by atoms with Gasteiger partial charge in [0.2, 0.25) is 0 Å². The molecule has 1 aromatic carbocycles. The number of aldehydes is 1. The third kappa shape index (κ3) is 6.22. The van der Waals surface area contributed by atoms with Crippen molar-refractivity contribution in [3.8, 4) is 0 Å².